The molecule has 1 aliphatic rings. The van der Waals surface area contributed by atoms with Gasteiger partial charge < -0.3 is 4.90 Å². The number of thiophene rings is 1. The Bertz CT molecular complexity index is 1390. The summed E-state index contributed by atoms with van der Waals surface area (Å²) >= 11 is 2.70. The van der Waals surface area contributed by atoms with E-state index in [0.717, 1.165) is 16.0 Å². The summed E-state index contributed by atoms with van der Waals surface area (Å²) in [6, 6.07) is 7.36. The Kier molecular flexibility index (Phi) is 6.70. The number of thioether (sulfide) groups is 1. The van der Waals surface area contributed by atoms with E-state index in [4.69, 9.17) is 4.98 Å². The smallest absolute Gasteiger partial charge is 0.267 e. The molecule has 1 aliphatic heterocycles. The fourth-order valence-electron chi connectivity index (χ4n) is 4.24. The first-order valence-corrected chi connectivity index (χ1v) is 14.5. The molecular weight excluding hydrogens is 478 g/mol. The number of aromatic nitrogens is 2. The average Bonchev–Trinajstić information content (AvgIpc) is 3.25. The molecule has 3 heterocycles. The normalized spacial score (nSPS) is 17.5. The molecule has 0 N–H and O–H groups in total. The zero-order valence-electron chi connectivity index (χ0n) is 19.1. The quantitative estimate of drug-likeness (QED) is 0.376. The van der Waals surface area contributed by atoms with Crippen molar-refractivity contribution < 1.29 is 13.2 Å². The van der Waals surface area contributed by atoms with Crippen molar-refractivity contribution in [1.29, 1.82) is 0 Å². The Hall–Kier alpha value is -2.17. The molecule has 1 fully saturated rings. The maximum atomic E-state index is 13.6. The number of amides is 1. The SMILES string of the molecule is CCN(C(=O)CSc1nc2sc(C)c(C)c2c(=O)n1-c1cccc(C)c1)[C@@H]1CCS(=O)(=O)C1. The molecule has 2 aromatic heterocycles. The van der Waals surface area contributed by atoms with Gasteiger partial charge in [0.15, 0.2) is 15.0 Å². The van der Waals surface area contributed by atoms with Gasteiger partial charge in [-0.05, 0) is 57.4 Å². The summed E-state index contributed by atoms with van der Waals surface area (Å²) in [4.78, 5) is 34.8. The number of fused-ring (bicyclic) bond motifs is 1. The highest BCUT2D eigenvalue weighted by Crippen LogP contribution is 2.30. The van der Waals surface area contributed by atoms with Crippen LogP contribution >= 0.6 is 23.1 Å². The lowest BCUT2D eigenvalue weighted by Gasteiger charge is -2.26. The van der Waals surface area contributed by atoms with Crippen LogP contribution in [0.25, 0.3) is 15.9 Å². The van der Waals surface area contributed by atoms with Crippen molar-refractivity contribution in [2.45, 2.75) is 45.3 Å². The summed E-state index contributed by atoms with van der Waals surface area (Å²) in [5, 5.41) is 1.07. The van der Waals surface area contributed by atoms with E-state index in [2.05, 4.69) is 0 Å². The average molecular weight is 506 g/mol. The van der Waals surface area contributed by atoms with Gasteiger partial charge in [0.1, 0.15) is 4.83 Å². The second-order valence-electron chi connectivity index (χ2n) is 8.36. The second kappa shape index (κ2) is 9.23. The van der Waals surface area contributed by atoms with E-state index >= 15 is 0 Å². The van der Waals surface area contributed by atoms with E-state index in [0.29, 0.717) is 34.0 Å². The standard InChI is InChI=1S/C23H27N3O4S3/c1-5-25(18-9-10-33(29,30)13-18)19(27)12-31-23-24-21-20(15(3)16(4)32-21)22(28)26(23)17-8-6-7-14(2)11-17/h6-8,11,18H,5,9-10,12-13H2,1-4H3/t18-/m1/s1. The molecule has 1 atom stereocenters. The van der Waals surface area contributed by atoms with E-state index in [-0.39, 0.29) is 34.8 Å². The highest BCUT2D eigenvalue weighted by Gasteiger charge is 2.34. The number of hydrogen-bond donors (Lipinski definition) is 0. The van der Waals surface area contributed by atoms with Crippen LogP contribution in [0.1, 0.15) is 29.3 Å². The number of rotatable bonds is 6. The fourth-order valence-corrected chi connectivity index (χ4v) is 7.94. The predicted octanol–water partition coefficient (Wildman–Crippen LogP) is 3.50. The Balaban J connectivity index is 1.70. The molecule has 1 saturated heterocycles. The van der Waals surface area contributed by atoms with Gasteiger partial charge in [-0.25, -0.2) is 13.4 Å². The minimum Gasteiger partial charge on any atom is -0.338 e. The maximum Gasteiger partial charge on any atom is 0.267 e. The van der Waals surface area contributed by atoms with Gasteiger partial charge in [-0.15, -0.1) is 11.3 Å². The van der Waals surface area contributed by atoms with Gasteiger partial charge >= 0.3 is 0 Å². The topological polar surface area (TPSA) is 89.3 Å². The van der Waals surface area contributed by atoms with Gasteiger partial charge in [0.25, 0.3) is 5.56 Å². The maximum absolute atomic E-state index is 13.6. The van der Waals surface area contributed by atoms with Gasteiger partial charge in [0, 0.05) is 17.5 Å². The summed E-state index contributed by atoms with van der Waals surface area (Å²) in [5.41, 5.74) is 2.52. The van der Waals surface area contributed by atoms with Crippen LogP contribution in [-0.4, -0.2) is 58.6 Å². The Morgan fingerprint density at radius 3 is 2.70 bits per heavy atom. The zero-order valence-corrected chi connectivity index (χ0v) is 21.6. The summed E-state index contributed by atoms with van der Waals surface area (Å²) in [6.45, 7) is 8.18. The summed E-state index contributed by atoms with van der Waals surface area (Å²) in [7, 11) is -3.09. The molecular formula is C23H27N3O4S3. The first kappa shape index (κ1) is 24.0. The third-order valence-electron chi connectivity index (χ3n) is 6.07. The van der Waals surface area contributed by atoms with Gasteiger partial charge in [0.05, 0.1) is 28.3 Å². The molecule has 0 radical (unpaired) electrons. The lowest BCUT2D eigenvalue weighted by molar-refractivity contribution is -0.129. The number of sulfone groups is 1. The first-order valence-electron chi connectivity index (χ1n) is 10.8. The van der Waals surface area contributed by atoms with E-state index in [1.807, 2.05) is 52.0 Å². The minimum atomic E-state index is -3.09. The van der Waals surface area contributed by atoms with E-state index < -0.39 is 9.84 Å². The number of benzene rings is 1. The molecule has 1 amide bonds. The Labute approximate surface area is 201 Å². The van der Waals surface area contributed by atoms with Gasteiger partial charge in [-0.2, -0.15) is 0 Å². The number of carbonyl (C=O) groups excluding carboxylic acids is 1. The number of aryl methyl sites for hydroxylation is 3. The van der Waals surface area contributed by atoms with Gasteiger partial charge in [0.2, 0.25) is 5.91 Å². The summed E-state index contributed by atoms with van der Waals surface area (Å²) in [5.74, 6) is 0.0746. The molecule has 1 aromatic carbocycles. The molecule has 0 spiro atoms. The molecule has 7 nitrogen and oxygen atoms in total. The van der Waals surface area contributed by atoms with Crippen molar-refractivity contribution in [3.8, 4) is 5.69 Å². The fraction of sp³-hybridized carbons (Fsp3) is 0.435. The highest BCUT2D eigenvalue weighted by atomic mass is 32.2. The van der Waals surface area contributed by atoms with Crippen LogP contribution in [0, 0.1) is 20.8 Å². The predicted molar refractivity (Wildman–Crippen MR) is 135 cm³/mol. The largest absolute Gasteiger partial charge is 0.338 e. The van der Waals surface area contributed by atoms with E-state index in [1.165, 1.54) is 23.1 Å². The molecule has 0 aliphatic carbocycles. The third-order valence-corrected chi connectivity index (χ3v) is 9.84. The molecule has 0 unspecified atom stereocenters. The number of nitrogens with zero attached hydrogens (tertiary/aromatic N) is 3. The molecule has 0 saturated carbocycles. The van der Waals surface area contributed by atoms with Crippen molar-refractivity contribution in [3.05, 3.63) is 50.6 Å². The van der Waals surface area contributed by atoms with Crippen LogP contribution in [0.3, 0.4) is 0 Å². The van der Waals surface area contributed by atoms with Crippen LogP contribution in [0.15, 0.2) is 34.2 Å². The molecule has 0 bridgehead atoms. The van der Waals surface area contributed by atoms with Crippen LogP contribution in [0.2, 0.25) is 0 Å². The Morgan fingerprint density at radius 2 is 2.06 bits per heavy atom. The van der Waals surface area contributed by atoms with Crippen LogP contribution in [0.4, 0.5) is 0 Å². The van der Waals surface area contributed by atoms with Gasteiger partial charge in [-0.3, -0.25) is 14.2 Å². The van der Waals surface area contributed by atoms with Crippen molar-refractivity contribution in [2.24, 2.45) is 0 Å². The molecule has 10 heteroatoms. The highest BCUT2D eigenvalue weighted by molar-refractivity contribution is 7.99. The van der Waals surface area contributed by atoms with Gasteiger partial charge in [-0.1, -0.05) is 23.9 Å². The lowest BCUT2D eigenvalue weighted by Crippen LogP contribution is -2.42. The van der Waals surface area contributed by atoms with E-state index in [1.54, 1.807) is 9.47 Å². The summed E-state index contributed by atoms with van der Waals surface area (Å²) in [6.07, 6.45) is 0.471. The monoisotopic (exact) mass is 505 g/mol. The Morgan fingerprint density at radius 1 is 1.30 bits per heavy atom. The summed E-state index contributed by atoms with van der Waals surface area (Å²) < 4.78 is 25.4. The number of carbonyl (C=O) groups is 1. The second-order valence-corrected chi connectivity index (χ2v) is 12.7. The zero-order chi connectivity index (χ0) is 23.9. The van der Waals surface area contributed by atoms with Crippen LogP contribution in [-0.2, 0) is 14.6 Å². The molecule has 4 rings (SSSR count). The molecule has 33 heavy (non-hydrogen) atoms. The third kappa shape index (κ3) is 4.74. The van der Waals surface area contributed by atoms with Crippen molar-refractivity contribution in [1.82, 2.24) is 14.5 Å². The first-order chi connectivity index (χ1) is 15.6. The molecule has 3 aromatic rings. The molecule has 176 valence electrons. The van der Waals surface area contributed by atoms with Crippen molar-refractivity contribution in [3.63, 3.8) is 0 Å². The number of hydrogen-bond acceptors (Lipinski definition) is 7. The van der Waals surface area contributed by atoms with E-state index in [9.17, 15) is 18.0 Å². The van der Waals surface area contributed by atoms with Crippen LogP contribution in [0.5, 0.6) is 0 Å². The van der Waals surface area contributed by atoms with Crippen LogP contribution < -0.4 is 5.56 Å². The van der Waals surface area contributed by atoms with Crippen molar-refractivity contribution in [2.75, 3.05) is 23.8 Å². The lowest BCUT2D eigenvalue weighted by atomic mass is 10.2. The van der Waals surface area contributed by atoms with Crippen molar-refractivity contribution >= 4 is 49.1 Å². The minimum absolute atomic E-state index is 0.0171.